The molecule has 1 unspecified atom stereocenters. The van der Waals surface area contributed by atoms with E-state index in [0.29, 0.717) is 45.9 Å². The van der Waals surface area contributed by atoms with Gasteiger partial charge < -0.3 is 14.6 Å². The minimum atomic E-state index is -0.978. The van der Waals surface area contributed by atoms with E-state index in [1.54, 1.807) is 42.5 Å². The molecule has 0 radical (unpaired) electrons. The molecule has 0 spiro atoms. The molecule has 220 valence electrons. The number of aliphatic hydroxyl groups excluding tert-OH is 1. The van der Waals surface area contributed by atoms with Gasteiger partial charge in [0.05, 0.1) is 28.4 Å². The number of aliphatic hydroxyl groups is 1. The number of rotatable bonds is 10. The fraction of sp³-hybridized carbons (Fsp3) is 0.114. The molecule has 1 aromatic heterocycles. The van der Waals surface area contributed by atoms with E-state index in [-0.39, 0.29) is 5.57 Å². The van der Waals surface area contributed by atoms with Crippen molar-refractivity contribution in [1.82, 2.24) is 4.98 Å². The van der Waals surface area contributed by atoms with Crippen molar-refractivity contribution < 1.29 is 24.2 Å². The van der Waals surface area contributed by atoms with Gasteiger partial charge >= 0.3 is 0 Å². The third-order valence-electron chi connectivity index (χ3n) is 7.07. The van der Waals surface area contributed by atoms with Crippen molar-refractivity contribution in [2.75, 3.05) is 11.5 Å². The van der Waals surface area contributed by atoms with E-state index in [4.69, 9.17) is 21.1 Å². The Hall–Kier alpha value is -4.92. The molecule has 0 aliphatic carbocycles. The Balaban J connectivity index is 1.42. The van der Waals surface area contributed by atoms with Crippen LogP contribution in [0.25, 0.3) is 16.3 Å². The van der Waals surface area contributed by atoms with Crippen LogP contribution >= 0.6 is 22.9 Å². The van der Waals surface area contributed by atoms with Crippen LogP contribution in [0.2, 0.25) is 5.02 Å². The lowest BCUT2D eigenvalue weighted by Crippen LogP contribution is -2.30. The predicted molar refractivity (Wildman–Crippen MR) is 173 cm³/mol. The van der Waals surface area contributed by atoms with E-state index in [9.17, 15) is 14.7 Å². The van der Waals surface area contributed by atoms with E-state index >= 15 is 0 Å². The van der Waals surface area contributed by atoms with Gasteiger partial charge in [0.2, 0.25) is 0 Å². The summed E-state index contributed by atoms with van der Waals surface area (Å²) in [5, 5.41) is 12.0. The molecule has 4 aromatic carbocycles. The molecule has 0 saturated heterocycles. The first-order valence-corrected chi connectivity index (χ1v) is 15.2. The van der Waals surface area contributed by atoms with E-state index in [2.05, 4.69) is 4.98 Å². The van der Waals surface area contributed by atoms with Gasteiger partial charge in [-0.05, 0) is 60.0 Å². The Morgan fingerprint density at radius 1 is 0.977 bits per heavy atom. The summed E-state index contributed by atoms with van der Waals surface area (Å²) in [6.45, 7) is 2.56. The SMILES string of the molecule is CCOc1cc(C2C(C(=O)/C=C/c3ccccc3)=C(O)C(=O)N2c2nc3ccc(Cl)cc3s2)ccc1OCc1ccccc1. The number of fused-ring (bicyclic) bond motifs is 1. The maximum Gasteiger partial charge on any atom is 0.296 e. The highest BCUT2D eigenvalue weighted by Crippen LogP contribution is 2.45. The Morgan fingerprint density at radius 2 is 1.73 bits per heavy atom. The number of aromatic nitrogens is 1. The van der Waals surface area contributed by atoms with Crippen LogP contribution in [0.5, 0.6) is 11.5 Å². The van der Waals surface area contributed by atoms with Crippen LogP contribution in [0.3, 0.4) is 0 Å². The van der Waals surface area contributed by atoms with E-state index in [0.717, 1.165) is 15.8 Å². The highest BCUT2D eigenvalue weighted by molar-refractivity contribution is 7.22. The Labute approximate surface area is 263 Å². The zero-order valence-corrected chi connectivity index (χ0v) is 25.2. The second-order valence-electron chi connectivity index (χ2n) is 9.97. The smallest absolute Gasteiger partial charge is 0.296 e. The van der Waals surface area contributed by atoms with E-state index in [1.807, 2.05) is 67.6 Å². The second-order valence-corrected chi connectivity index (χ2v) is 11.4. The molecule has 1 aliphatic rings. The Morgan fingerprint density at radius 3 is 2.48 bits per heavy atom. The van der Waals surface area contributed by atoms with Crippen molar-refractivity contribution in [1.29, 1.82) is 0 Å². The number of allylic oxidation sites excluding steroid dienone is 1. The molecule has 0 fully saturated rings. The zero-order valence-electron chi connectivity index (χ0n) is 23.6. The third-order valence-corrected chi connectivity index (χ3v) is 8.32. The second kappa shape index (κ2) is 12.8. The van der Waals surface area contributed by atoms with Gasteiger partial charge in [0.1, 0.15) is 6.61 Å². The Kier molecular flexibility index (Phi) is 8.45. The summed E-state index contributed by atoms with van der Waals surface area (Å²) in [5.41, 5.74) is 2.93. The number of carbonyl (C=O) groups excluding carboxylic acids is 2. The number of ketones is 1. The average molecular weight is 623 g/mol. The molecule has 0 bridgehead atoms. The number of ether oxygens (including phenoxy) is 2. The molecule has 2 heterocycles. The molecular formula is C35H27ClN2O5S. The number of halogens is 1. The average Bonchev–Trinajstić information content (AvgIpc) is 3.57. The largest absolute Gasteiger partial charge is 0.503 e. The van der Waals surface area contributed by atoms with Crippen molar-refractivity contribution >= 4 is 56.1 Å². The minimum absolute atomic E-state index is 0.0557. The van der Waals surface area contributed by atoms with Crippen LogP contribution in [-0.2, 0) is 16.2 Å². The normalized spacial score (nSPS) is 15.0. The van der Waals surface area contributed by atoms with Crippen molar-refractivity contribution in [2.24, 2.45) is 0 Å². The van der Waals surface area contributed by atoms with Gasteiger partial charge in [0, 0.05) is 5.02 Å². The summed E-state index contributed by atoms with van der Waals surface area (Å²) in [6.07, 6.45) is 3.02. The topological polar surface area (TPSA) is 89.0 Å². The van der Waals surface area contributed by atoms with Crippen molar-refractivity contribution in [2.45, 2.75) is 19.6 Å². The predicted octanol–water partition coefficient (Wildman–Crippen LogP) is 8.11. The first kappa shape index (κ1) is 29.2. The van der Waals surface area contributed by atoms with Crippen molar-refractivity contribution in [3.05, 3.63) is 136 Å². The van der Waals surface area contributed by atoms with Crippen LogP contribution in [0.4, 0.5) is 5.13 Å². The first-order valence-electron chi connectivity index (χ1n) is 14.0. The summed E-state index contributed by atoms with van der Waals surface area (Å²) in [6, 6.07) is 28.6. The van der Waals surface area contributed by atoms with Crippen LogP contribution in [-0.4, -0.2) is 28.4 Å². The Bertz CT molecular complexity index is 1900. The maximum atomic E-state index is 13.7. The molecule has 1 aliphatic heterocycles. The fourth-order valence-electron chi connectivity index (χ4n) is 5.00. The number of nitrogens with zero attached hydrogens (tertiary/aromatic N) is 2. The van der Waals surface area contributed by atoms with Crippen LogP contribution in [0.15, 0.2) is 114 Å². The number of benzene rings is 4. The van der Waals surface area contributed by atoms with E-state index < -0.39 is 23.5 Å². The van der Waals surface area contributed by atoms with Gasteiger partial charge in [0.25, 0.3) is 5.91 Å². The van der Waals surface area contributed by atoms with Gasteiger partial charge in [-0.3, -0.25) is 14.5 Å². The summed E-state index contributed by atoms with van der Waals surface area (Å²) in [5.74, 6) is -0.896. The molecule has 9 heteroatoms. The molecule has 6 rings (SSSR count). The zero-order chi connectivity index (χ0) is 30.6. The lowest BCUT2D eigenvalue weighted by atomic mass is 9.95. The monoisotopic (exact) mass is 622 g/mol. The van der Waals surface area contributed by atoms with Gasteiger partial charge in [0.15, 0.2) is 28.2 Å². The molecular weight excluding hydrogens is 596 g/mol. The summed E-state index contributed by atoms with van der Waals surface area (Å²) in [4.78, 5) is 33.4. The van der Waals surface area contributed by atoms with Crippen LogP contribution in [0.1, 0.15) is 29.7 Å². The lowest BCUT2D eigenvalue weighted by Gasteiger charge is -2.25. The lowest BCUT2D eigenvalue weighted by molar-refractivity contribution is -0.117. The summed E-state index contributed by atoms with van der Waals surface area (Å²) >= 11 is 7.46. The standard InChI is InChI=1S/C35H27ClN2O5S/c1-2-42-29-19-24(14-18-28(29)43-21-23-11-7-4-8-12-23)32-31(27(39)17-13-22-9-5-3-6-10-22)33(40)34(41)38(32)35-37-26-16-15-25(36)20-30(26)44-35/h3-20,32,40H,2,21H2,1H3/b17-13+. The quantitative estimate of drug-likeness (QED) is 0.158. The molecule has 1 atom stereocenters. The van der Waals surface area contributed by atoms with Gasteiger partial charge in [-0.1, -0.05) is 95.7 Å². The molecule has 7 nitrogen and oxygen atoms in total. The maximum absolute atomic E-state index is 13.7. The number of carbonyl (C=O) groups is 2. The highest BCUT2D eigenvalue weighted by atomic mass is 35.5. The number of anilines is 1. The van der Waals surface area contributed by atoms with Gasteiger partial charge in [-0.25, -0.2) is 4.98 Å². The molecule has 1 amide bonds. The highest BCUT2D eigenvalue weighted by Gasteiger charge is 2.45. The molecule has 44 heavy (non-hydrogen) atoms. The number of thiazole rings is 1. The van der Waals surface area contributed by atoms with E-state index in [1.165, 1.54) is 22.3 Å². The minimum Gasteiger partial charge on any atom is -0.503 e. The van der Waals surface area contributed by atoms with Gasteiger partial charge in [-0.2, -0.15) is 0 Å². The fourth-order valence-corrected chi connectivity index (χ4v) is 6.27. The molecule has 0 saturated carbocycles. The van der Waals surface area contributed by atoms with Crippen LogP contribution < -0.4 is 14.4 Å². The molecule has 5 aromatic rings. The van der Waals surface area contributed by atoms with Crippen LogP contribution in [0, 0.1) is 0 Å². The first-order chi connectivity index (χ1) is 21.4. The molecule has 1 N–H and O–H groups in total. The number of hydrogen-bond acceptors (Lipinski definition) is 7. The summed E-state index contributed by atoms with van der Waals surface area (Å²) in [7, 11) is 0. The van der Waals surface area contributed by atoms with Crippen molar-refractivity contribution in [3.8, 4) is 11.5 Å². The van der Waals surface area contributed by atoms with Crippen molar-refractivity contribution in [3.63, 3.8) is 0 Å². The third kappa shape index (κ3) is 5.95. The number of hydrogen-bond donors (Lipinski definition) is 1. The summed E-state index contributed by atoms with van der Waals surface area (Å²) < 4.78 is 12.8. The number of amides is 1. The van der Waals surface area contributed by atoms with Gasteiger partial charge in [-0.15, -0.1) is 0 Å².